The van der Waals surface area contributed by atoms with Crippen molar-refractivity contribution in [1.29, 1.82) is 0 Å². The fourth-order valence-electron chi connectivity index (χ4n) is 3.18. The van der Waals surface area contributed by atoms with E-state index in [9.17, 15) is 8.42 Å². The van der Waals surface area contributed by atoms with E-state index >= 15 is 0 Å². The number of hydrogen-bond acceptors (Lipinski definition) is 4. The summed E-state index contributed by atoms with van der Waals surface area (Å²) in [6.07, 6.45) is 2.85. The Balaban J connectivity index is 1.88. The molecule has 0 amide bonds. The standard InChI is InChI=1S/C12H24N2O2S/c1-10-9-14(6-3-12(10)13-2)11-4-7-17(15,16)8-5-11/h10-13H,3-9H2,1-2H3. The minimum absolute atomic E-state index is 0.387. The zero-order chi connectivity index (χ0) is 12.5. The lowest BCUT2D eigenvalue weighted by Crippen LogP contribution is -2.52. The monoisotopic (exact) mass is 260 g/mol. The third kappa shape index (κ3) is 3.20. The summed E-state index contributed by atoms with van der Waals surface area (Å²) in [6, 6.07) is 1.12. The van der Waals surface area contributed by atoms with Gasteiger partial charge in [0.25, 0.3) is 0 Å². The fourth-order valence-corrected chi connectivity index (χ4v) is 4.65. The van der Waals surface area contributed by atoms with Gasteiger partial charge in [-0.2, -0.15) is 0 Å². The summed E-state index contributed by atoms with van der Waals surface area (Å²) in [4.78, 5) is 2.51. The van der Waals surface area contributed by atoms with Crippen LogP contribution in [0.15, 0.2) is 0 Å². The summed E-state index contributed by atoms with van der Waals surface area (Å²) in [5.74, 6) is 1.43. The second-order valence-corrected chi connectivity index (χ2v) is 7.84. The molecule has 2 atom stereocenters. The molecular formula is C12H24N2O2S. The molecule has 0 aromatic rings. The molecule has 100 valence electrons. The number of nitrogens with zero attached hydrogens (tertiary/aromatic N) is 1. The largest absolute Gasteiger partial charge is 0.317 e. The van der Waals surface area contributed by atoms with Crippen LogP contribution in [0.2, 0.25) is 0 Å². The third-order valence-electron chi connectivity index (χ3n) is 4.35. The zero-order valence-electron chi connectivity index (χ0n) is 10.9. The van der Waals surface area contributed by atoms with Crippen LogP contribution in [0, 0.1) is 5.92 Å². The van der Waals surface area contributed by atoms with Crippen LogP contribution in [0.25, 0.3) is 0 Å². The minimum Gasteiger partial charge on any atom is -0.317 e. The van der Waals surface area contributed by atoms with Crippen molar-refractivity contribution in [3.8, 4) is 0 Å². The molecule has 4 nitrogen and oxygen atoms in total. The lowest BCUT2D eigenvalue weighted by molar-refractivity contribution is 0.100. The van der Waals surface area contributed by atoms with Crippen molar-refractivity contribution in [2.75, 3.05) is 31.6 Å². The Hall–Kier alpha value is -0.130. The van der Waals surface area contributed by atoms with Gasteiger partial charge in [-0.25, -0.2) is 8.42 Å². The predicted molar refractivity (Wildman–Crippen MR) is 69.9 cm³/mol. The smallest absolute Gasteiger partial charge is 0.150 e. The van der Waals surface area contributed by atoms with E-state index in [0.29, 0.717) is 29.5 Å². The van der Waals surface area contributed by atoms with E-state index in [1.165, 1.54) is 6.42 Å². The number of hydrogen-bond donors (Lipinski definition) is 1. The Bertz CT molecular complexity index is 342. The molecule has 2 unspecified atom stereocenters. The molecule has 0 radical (unpaired) electrons. The van der Waals surface area contributed by atoms with Crippen molar-refractivity contribution in [2.24, 2.45) is 5.92 Å². The highest BCUT2D eigenvalue weighted by Crippen LogP contribution is 2.24. The Kier molecular flexibility index (Phi) is 4.10. The molecule has 2 heterocycles. The summed E-state index contributed by atoms with van der Waals surface area (Å²) < 4.78 is 22.8. The van der Waals surface area contributed by atoms with Gasteiger partial charge in [0.2, 0.25) is 0 Å². The minimum atomic E-state index is -2.72. The van der Waals surface area contributed by atoms with Gasteiger partial charge >= 0.3 is 0 Å². The van der Waals surface area contributed by atoms with Crippen LogP contribution < -0.4 is 5.32 Å². The fraction of sp³-hybridized carbons (Fsp3) is 1.00. The van der Waals surface area contributed by atoms with Crippen LogP contribution in [0.4, 0.5) is 0 Å². The average Bonchev–Trinajstić information content (AvgIpc) is 2.29. The molecule has 0 aromatic heterocycles. The summed E-state index contributed by atoms with van der Waals surface area (Å²) in [5, 5.41) is 3.37. The molecule has 2 aliphatic heterocycles. The lowest BCUT2D eigenvalue weighted by atomic mass is 9.92. The average molecular weight is 260 g/mol. The first kappa shape index (κ1) is 13.3. The molecule has 2 saturated heterocycles. The van der Waals surface area contributed by atoms with Gasteiger partial charge in [0.15, 0.2) is 0 Å². The Morgan fingerprint density at radius 1 is 1.18 bits per heavy atom. The van der Waals surface area contributed by atoms with Gasteiger partial charge in [0, 0.05) is 18.6 Å². The van der Waals surface area contributed by atoms with E-state index in [1.54, 1.807) is 0 Å². The molecule has 0 aliphatic carbocycles. The first-order chi connectivity index (χ1) is 8.02. The summed E-state index contributed by atoms with van der Waals surface area (Å²) in [5.41, 5.74) is 0. The topological polar surface area (TPSA) is 49.4 Å². The number of nitrogens with one attached hydrogen (secondary N) is 1. The van der Waals surface area contributed by atoms with Gasteiger partial charge in [-0.3, -0.25) is 4.90 Å². The molecule has 2 aliphatic rings. The van der Waals surface area contributed by atoms with Crippen LogP contribution in [0.1, 0.15) is 26.2 Å². The molecule has 0 saturated carbocycles. The predicted octanol–water partition coefficient (Wildman–Crippen LogP) is 0.493. The van der Waals surface area contributed by atoms with E-state index in [0.717, 1.165) is 25.9 Å². The number of piperidine rings is 1. The molecule has 0 aromatic carbocycles. The SMILES string of the molecule is CNC1CCN(C2CCS(=O)(=O)CC2)CC1C. The van der Waals surface area contributed by atoms with Crippen molar-refractivity contribution in [1.82, 2.24) is 10.2 Å². The number of likely N-dealkylation sites (tertiary alicyclic amines) is 1. The van der Waals surface area contributed by atoms with Crippen molar-refractivity contribution in [2.45, 2.75) is 38.3 Å². The van der Waals surface area contributed by atoms with Crippen LogP contribution in [0.5, 0.6) is 0 Å². The highest BCUT2D eigenvalue weighted by Gasteiger charge is 2.32. The highest BCUT2D eigenvalue weighted by atomic mass is 32.2. The van der Waals surface area contributed by atoms with Gasteiger partial charge in [0.1, 0.15) is 9.84 Å². The summed E-state index contributed by atoms with van der Waals surface area (Å²) in [7, 11) is -0.691. The van der Waals surface area contributed by atoms with Gasteiger partial charge in [-0.1, -0.05) is 6.92 Å². The molecule has 2 fully saturated rings. The molecule has 0 bridgehead atoms. The van der Waals surface area contributed by atoms with E-state index in [-0.39, 0.29) is 0 Å². The molecule has 1 N–H and O–H groups in total. The van der Waals surface area contributed by atoms with Crippen LogP contribution in [-0.4, -0.2) is 57.0 Å². The Morgan fingerprint density at radius 3 is 2.35 bits per heavy atom. The van der Waals surface area contributed by atoms with E-state index < -0.39 is 9.84 Å². The Morgan fingerprint density at radius 2 is 1.82 bits per heavy atom. The molecule has 5 heteroatoms. The lowest BCUT2D eigenvalue weighted by Gasteiger charge is -2.42. The second-order valence-electron chi connectivity index (χ2n) is 5.54. The zero-order valence-corrected chi connectivity index (χ0v) is 11.7. The number of sulfone groups is 1. The molecule has 17 heavy (non-hydrogen) atoms. The summed E-state index contributed by atoms with van der Waals surface area (Å²) >= 11 is 0. The first-order valence-corrected chi connectivity index (χ1v) is 8.46. The number of rotatable bonds is 2. The van der Waals surface area contributed by atoms with Crippen LogP contribution >= 0.6 is 0 Å². The van der Waals surface area contributed by atoms with Crippen molar-refractivity contribution in [3.05, 3.63) is 0 Å². The molecule has 0 spiro atoms. The Labute approximate surface area is 105 Å². The normalized spacial score (nSPS) is 35.9. The quantitative estimate of drug-likeness (QED) is 0.785. The van der Waals surface area contributed by atoms with Gasteiger partial charge in [-0.15, -0.1) is 0 Å². The van der Waals surface area contributed by atoms with Gasteiger partial charge < -0.3 is 5.32 Å². The molecule has 2 rings (SSSR count). The highest BCUT2D eigenvalue weighted by molar-refractivity contribution is 7.91. The van der Waals surface area contributed by atoms with E-state index in [2.05, 4.69) is 17.1 Å². The third-order valence-corrected chi connectivity index (χ3v) is 6.06. The maximum atomic E-state index is 11.4. The van der Waals surface area contributed by atoms with Crippen molar-refractivity contribution in [3.63, 3.8) is 0 Å². The maximum Gasteiger partial charge on any atom is 0.150 e. The molecular weight excluding hydrogens is 236 g/mol. The van der Waals surface area contributed by atoms with E-state index in [1.807, 2.05) is 7.05 Å². The first-order valence-electron chi connectivity index (χ1n) is 6.63. The van der Waals surface area contributed by atoms with Crippen LogP contribution in [-0.2, 0) is 9.84 Å². The van der Waals surface area contributed by atoms with Gasteiger partial charge in [0.05, 0.1) is 11.5 Å². The van der Waals surface area contributed by atoms with E-state index in [4.69, 9.17) is 0 Å². The second kappa shape index (κ2) is 5.24. The van der Waals surface area contributed by atoms with Crippen molar-refractivity contribution >= 4 is 9.84 Å². The van der Waals surface area contributed by atoms with Crippen molar-refractivity contribution < 1.29 is 8.42 Å². The van der Waals surface area contributed by atoms with Gasteiger partial charge in [-0.05, 0) is 38.8 Å². The summed E-state index contributed by atoms with van der Waals surface area (Å²) in [6.45, 7) is 4.50. The van der Waals surface area contributed by atoms with Crippen LogP contribution in [0.3, 0.4) is 0 Å². The maximum absolute atomic E-state index is 11.4.